The third-order valence-electron chi connectivity index (χ3n) is 2.76. The highest BCUT2D eigenvalue weighted by Crippen LogP contribution is 2.40. The Bertz CT molecular complexity index is 299. The summed E-state index contributed by atoms with van der Waals surface area (Å²) < 4.78 is 0.779. The summed E-state index contributed by atoms with van der Waals surface area (Å²) in [5.41, 5.74) is 0. The maximum absolute atomic E-state index is 4.21. The summed E-state index contributed by atoms with van der Waals surface area (Å²) in [6, 6.07) is 0. The van der Waals surface area contributed by atoms with Gasteiger partial charge in [-0.1, -0.05) is 13.3 Å². The second-order valence-corrected chi connectivity index (χ2v) is 4.58. The summed E-state index contributed by atoms with van der Waals surface area (Å²) >= 11 is 3.26. The van der Waals surface area contributed by atoms with Gasteiger partial charge < -0.3 is 5.32 Å². The first-order valence-corrected chi connectivity index (χ1v) is 5.80. The summed E-state index contributed by atoms with van der Waals surface area (Å²) in [5.74, 6) is 2.66. The van der Waals surface area contributed by atoms with Gasteiger partial charge in [0.05, 0.1) is 12.4 Å². The number of rotatable bonds is 4. The van der Waals surface area contributed by atoms with Crippen molar-refractivity contribution in [2.75, 3.05) is 11.9 Å². The zero-order chi connectivity index (χ0) is 9.97. The number of halogens is 1. The minimum absolute atomic E-state index is 0.779. The fraction of sp³-hybridized carbons (Fsp3) is 0.600. The third-order valence-corrected chi connectivity index (χ3v) is 3.17. The third kappa shape index (κ3) is 2.44. The Morgan fingerprint density at radius 3 is 2.86 bits per heavy atom. The summed E-state index contributed by atoms with van der Waals surface area (Å²) in [6.07, 6.45) is 6.14. The molecule has 0 aliphatic heterocycles. The molecule has 1 fully saturated rings. The van der Waals surface area contributed by atoms with Crippen LogP contribution in [0.25, 0.3) is 0 Å². The number of hydrogen-bond donors (Lipinski definition) is 1. The van der Waals surface area contributed by atoms with Crippen LogP contribution in [0.1, 0.15) is 19.8 Å². The molecule has 1 aliphatic rings. The molecule has 0 unspecified atom stereocenters. The van der Waals surface area contributed by atoms with E-state index in [2.05, 4.69) is 38.1 Å². The van der Waals surface area contributed by atoms with Crippen LogP contribution in [0.3, 0.4) is 0 Å². The molecule has 0 radical (unpaired) electrons. The molecule has 4 heteroatoms. The van der Waals surface area contributed by atoms with E-state index in [-0.39, 0.29) is 0 Å². The van der Waals surface area contributed by atoms with Crippen molar-refractivity contribution in [1.29, 1.82) is 0 Å². The van der Waals surface area contributed by atoms with Crippen LogP contribution in [0.2, 0.25) is 0 Å². The van der Waals surface area contributed by atoms with Crippen molar-refractivity contribution in [3.8, 4) is 0 Å². The van der Waals surface area contributed by atoms with Gasteiger partial charge in [0.25, 0.3) is 0 Å². The first-order chi connectivity index (χ1) is 6.79. The molecule has 0 aromatic carbocycles. The SMILES string of the molecule is CC[C@@H]1C[C@H]1CNc1cnc(Br)cn1. The second kappa shape index (κ2) is 4.26. The van der Waals surface area contributed by atoms with Crippen LogP contribution in [0, 0.1) is 11.8 Å². The van der Waals surface area contributed by atoms with Crippen molar-refractivity contribution in [2.24, 2.45) is 11.8 Å². The van der Waals surface area contributed by atoms with Gasteiger partial charge in [-0.3, -0.25) is 0 Å². The standard InChI is InChI=1S/C10H14BrN3/c1-2-7-3-8(7)4-13-10-6-12-9(11)5-14-10/h5-8H,2-4H2,1H3,(H,13,14)/t7-,8+/m1/s1. The van der Waals surface area contributed by atoms with E-state index in [9.17, 15) is 0 Å². The van der Waals surface area contributed by atoms with E-state index < -0.39 is 0 Å². The van der Waals surface area contributed by atoms with Crippen LogP contribution in [0.4, 0.5) is 5.82 Å². The molecule has 1 heterocycles. The molecule has 76 valence electrons. The summed E-state index contributed by atoms with van der Waals surface area (Å²) in [5, 5.41) is 3.30. The topological polar surface area (TPSA) is 37.8 Å². The smallest absolute Gasteiger partial charge is 0.144 e. The minimum atomic E-state index is 0.779. The highest BCUT2D eigenvalue weighted by molar-refractivity contribution is 9.10. The summed E-state index contributed by atoms with van der Waals surface area (Å²) in [4.78, 5) is 8.32. The predicted molar refractivity (Wildman–Crippen MR) is 60.1 cm³/mol. The molecule has 1 aliphatic carbocycles. The van der Waals surface area contributed by atoms with E-state index in [0.29, 0.717) is 0 Å². The van der Waals surface area contributed by atoms with Crippen LogP contribution in [0.15, 0.2) is 17.0 Å². The molecule has 1 aromatic rings. The lowest BCUT2D eigenvalue weighted by atomic mass is 10.2. The number of nitrogens with zero attached hydrogens (tertiary/aromatic N) is 2. The Kier molecular flexibility index (Phi) is 3.01. The average Bonchev–Trinajstić information content (AvgIpc) is 2.96. The van der Waals surface area contributed by atoms with Crippen molar-refractivity contribution in [3.63, 3.8) is 0 Å². The molecular formula is C10H14BrN3. The van der Waals surface area contributed by atoms with E-state index in [1.54, 1.807) is 12.4 Å². The molecule has 1 saturated carbocycles. The Hall–Kier alpha value is -0.640. The van der Waals surface area contributed by atoms with Gasteiger partial charge in [-0.25, -0.2) is 9.97 Å². The van der Waals surface area contributed by atoms with Crippen LogP contribution in [0.5, 0.6) is 0 Å². The Morgan fingerprint density at radius 2 is 2.29 bits per heavy atom. The van der Waals surface area contributed by atoms with Crippen molar-refractivity contribution >= 4 is 21.7 Å². The van der Waals surface area contributed by atoms with Gasteiger partial charge in [-0.2, -0.15) is 0 Å². The Balaban J connectivity index is 1.78. The normalized spacial score (nSPS) is 24.7. The maximum atomic E-state index is 4.21. The number of hydrogen-bond acceptors (Lipinski definition) is 3. The van der Waals surface area contributed by atoms with Gasteiger partial charge >= 0.3 is 0 Å². The quantitative estimate of drug-likeness (QED) is 0.900. The van der Waals surface area contributed by atoms with Crippen LogP contribution >= 0.6 is 15.9 Å². The van der Waals surface area contributed by atoms with E-state index in [1.807, 2.05) is 0 Å². The molecule has 0 spiro atoms. The highest BCUT2D eigenvalue weighted by Gasteiger charge is 2.34. The predicted octanol–water partition coefficient (Wildman–Crippen LogP) is 2.70. The molecule has 0 bridgehead atoms. The molecule has 1 aromatic heterocycles. The lowest BCUT2D eigenvalue weighted by Gasteiger charge is -2.03. The fourth-order valence-corrected chi connectivity index (χ4v) is 1.90. The van der Waals surface area contributed by atoms with Gasteiger partial charge in [0.15, 0.2) is 0 Å². The zero-order valence-electron chi connectivity index (χ0n) is 8.20. The van der Waals surface area contributed by atoms with E-state index >= 15 is 0 Å². The van der Waals surface area contributed by atoms with Gasteiger partial charge in [0, 0.05) is 6.54 Å². The number of nitrogens with one attached hydrogen (secondary N) is 1. The number of anilines is 1. The summed E-state index contributed by atoms with van der Waals surface area (Å²) in [7, 11) is 0. The average molecular weight is 256 g/mol. The molecule has 2 rings (SSSR count). The van der Waals surface area contributed by atoms with Gasteiger partial charge in [-0.05, 0) is 34.2 Å². The number of aromatic nitrogens is 2. The molecule has 2 atom stereocenters. The maximum Gasteiger partial charge on any atom is 0.144 e. The van der Waals surface area contributed by atoms with Crippen molar-refractivity contribution in [1.82, 2.24) is 9.97 Å². The molecule has 1 N–H and O–H groups in total. The first-order valence-electron chi connectivity index (χ1n) is 5.01. The van der Waals surface area contributed by atoms with Crippen LogP contribution < -0.4 is 5.32 Å². The lowest BCUT2D eigenvalue weighted by molar-refractivity contribution is 0.700. The van der Waals surface area contributed by atoms with Gasteiger partial charge in [0.1, 0.15) is 10.4 Å². The molecule has 0 amide bonds. The summed E-state index contributed by atoms with van der Waals surface area (Å²) in [6.45, 7) is 3.29. The Labute approximate surface area is 92.5 Å². The minimum Gasteiger partial charge on any atom is -0.369 e. The molecule has 14 heavy (non-hydrogen) atoms. The monoisotopic (exact) mass is 255 g/mol. The van der Waals surface area contributed by atoms with Crippen molar-refractivity contribution < 1.29 is 0 Å². The van der Waals surface area contributed by atoms with Crippen molar-refractivity contribution in [3.05, 3.63) is 17.0 Å². The van der Waals surface area contributed by atoms with Crippen LogP contribution in [-0.2, 0) is 0 Å². The van der Waals surface area contributed by atoms with Crippen LogP contribution in [-0.4, -0.2) is 16.5 Å². The second-order valence-electron chi connectivity index (χ2n) is 3.77. The highest BCUT2D eigenvalue weighted by atomic mass is 79.9. The van der Waals surface area contributed by atoms with E-state index in [0.717, 1.165) is 28.8 Å². The molecule has 0 saturated heterocycles. The van der Waals surface area contributed by atoms with Crippen molar-refractivity contribution in [2.45, 2.75) is 19.8 Å². The zero-order valence-corrected chi connectivity index (χ0v) is 9.79. The van der Waals surface area contributed by atoms with E-state index in [4.69, 9.17) is 0 Å². The largest absolute Gasteiger partial charge is 0.369 e. The fourth-order valence-electron chi connectivity index (χ4n) is 1.70. The van der Waals surface area contributed by atoms with Gasteiger partial charge in [0.2, 0.25) is 0 Å². The molecular weight excluding hydrogens is 242 g/mol. The lowest BCUT2D eigenvalue weighted by Crippen LogP contribution is -2.06. The molecule has 3 nitrogen and oxygen atoms in total. The van der Waals surface area contributed by atoms with Gasteiger partial charge in [-0.15, -0.1) is 0 Å². The Morgan fingerprint density at radius 1 is 1.43 bits per heavy atom. The first kappa shape index (κ1) is 9.90. The van der Waals surface area contributed by atoms with E-state index in [1.165, 1.54) is 12.8 Å².